The van der Waals surface area contributed by atoms with Crippen molar-refractivity contribution < 1.29 is 0 Å². The number of fused-ring (bicyclic) bond motifs is 4. The van der Waals surface area contributed by atoms with Gasteiger partial charge in [-0.3, -0.25) is 0 Å². The highest BCUT2D eigenvalue weighted by Crippen LogP contribution is 2.67. The summed E-state index contributed by atoms with van der Waals surface area (Å²) in [6.07, 6.45) is 11.3. The highest BCUT2D eigenvalue weighted by molar-refractivity contribution is 7.46. The van der Waals surface area contributed by atoms with Gasteiger partial charge in [0.15, 0.2) is 0 Å². The molecule has 0 saturated heterocycles. The molecule has 0 heterocycles. The van der Waals surface area contributed by atoms with Crippen molar-refractivity contribution >= 4 is 28.9 Å². The van der Waals surface area contributed by atoms with E-state index >= 15 is 0 Å². The molecule has 0 nitrogen and oxygen atoms in total. The minimum atomic E-state index is -2.44. The van der Waals surface area contributed by atoms with Crippen LogP contribution in [0.5, 0.6) is 0 Å². The van der Waals surface area contributed by atoms with Gasteiger partial charge in [-0.25, -0.2) is 0 Å². The first-order valence-electron chi connectivity index (χ1n) is 7.60. The van der Waals surface area contributed by atoms with E-state index < -0.39 is 6.69 Å². The second-order valence-electron chi connectivity index (χ2n) is 6.69. The lowest BCUT2D eigenvalue weighted by atomic mass is 10.0. The first-order valence-corrected chi connectivity index (χ1v) is 11.8. The van der Waals surface area contributed by atoms with Crippen molar-refractivity contribution in [2.45, 2.75) is 23.9 Å². The Kier molecular flexibility index (Phi) is 3.09. The second-order valence-corrected chi connectivity index (χ2v) is 13.7. The van der Waals surface area contributed by atoms with Crippen molar-refractivity contribution in [3.05, 3.63) is 60.1 Å². The van der Waals surface area contributed by atoms with Crippen molar-refractivity contribution in [2.75, 3.05) is 0 Å². The van der Waals surface area contributed by atoms with Gasteiger partial charge in [0, 0.05) is 11.8 Å². The van der Waals surface area contributed by atoms with E-state index in [9.17, 15) is 0 Å². The van der Waals surface area contributed by atoms with Gasteiger partial charge in [-0.2, -0.15) is 0 Å². The fourth-order valence-corrected chi connectivity index (χ4v) is 12.2. The summed E-state index contributed by atoms with van der Waals surface area (Å²) in [6, 6.07) is 0. The minimum Gasteiger partial charge on any atom is -0.145 e. The summed E-state index contributed by atoms with van der Waals surface area (Å²) in [7, 11) is 0. The summed E-state index contributed by atoms with van der Waals surface area (Å²) in [4.78, 5) is 0. The van der Waals surface area contributed by atoms with Crippen molar-refractivity contribution in [3.8, 4) is 0 Å². The monoisotopic (exact) mass is 332 g/mol. The van der Waals surface area contributed by atoms with E-state index in [4.69, 9.17) is 22.2 Å². The molecule has 21 heavy (non-hydrogen) atoms. The number of allylic oxidation sites excluding steroid dienone is 6. The summed E-state index contributed by atoms with van der Waals surface area (Å²) < 4.78 is 0. The normalized spacial score (nSPS) is 42.8. The highest BCUT2D eigenvalue weighted by Gasteiger charge is 2.62. The first-order chi connectivity index (χ1) is 10.1. The maximum absolute atomic E-state index is 7.15. The number of hydrogen-bond acceptors (Lipinski definition) is 0. The molecule has 0 N–H and O–H groups in total. The molecule has 3 heteroatoms. The van der Waals surface area contributed by atoms with Crippen LogP contribution >= 0.6 is 22.2 Å². The Hall–Kier alpha value is -0.683. The Morgan fingerprint density at radius 2 is 1.29 bits per heavy atom. The molecule has 6 unspecified atom stereocenters. The third kappa shape index (κ3) is 1.76. The van der Waals surface area contributed by atoms with Crippen LogP contribution in [0.1, 0.15) is 12.8 Å². The predicted molar refractivity (Wildman–Crippen MR) is 91.7 cm³/mol. The minimum absolute atomic E-state index is 0.380. The number of hydrogen-bond donors (Lipinski definition) is 0. The van der Waals surface area contributed by atoms with Gasteiger partial charge in [0.05, 0.1) is 0 Å². The smallest absolute Gasteiger partial charge is 0.145 e. The Morgan fingerprint density at radius 1 is 0.857 bits per heavy atom. The fourth-order valence-electron chi connectivity index (χ4n) is 5.02. The lowest BCUT2D eigenvalue weighted by Crippen LogP contribution is -2.38. The van der Waals surface area contributed by atoms with E-state index in [1.165, 1.54) is 11.1 Å². The molecule has 0 aromatic heterocycles. The molecule has 2 saturated carbocycles. The third-order valence-corrected chi connectivity index (χ3v) is 12.3. The standard InChI is InChI=1S/C18H18Cl2Si/c1-3-11-9-13-5-7-15(11)17(13)21(19,20)18-14-6-8-16(18)12(4-2)10-14/h5-8,13-18H,1-2,9-10H2. The molecule has 0 aromatic carbocycles. The molecular formula is C18H18Cl2Si. The molecule has 0 amide bonds. The Labute approximate surface area is 136 Å². The maximum Gasteiger partial charge on any atom is 0.260 e. The molecule has 6 atom stereocenters. The largest absolute Gasteiger partial charge is 0.260 e. The van der Waals surface area contributed by atoms with E-state index in [0.717, 1.165) is 12.8 Å². The molecule has 0 spiro atoms. The molecule has 108 valence electrons. The Balaban J connectivity index is 1.70. The van der Waals surface area contributed by atoms with Crippen LogP contribution in [0, 0.1) is 23.7 Å². The maximum atomic E-state index is 7.15. The van der Waals surface area contributed by atoms with Crippen LogP contribution in [0.15, 0.2) is 60.1 Å². The van der Waals surface area contributed by atoms with Crippen LogP contribution in [-0.4, -0.2) is 6.69 Å². The zero-order valence-electron chi connectivity index (χ0n) is 11.9. The molecule has 4 aliphatic carbocycles. The van der Waals surface area contributed by atoms with Gasteiger partial charge in [-0.1, -0.05) is 37.5 Å². The quantitative estimate of drug-likeness (QED) is 0.272. The van der Waals surface area contributed by atoms with Crippen LogP contribution in [0.4, 0.5) is 0 Å². The average molecular weight is 333 g/mol. The predicted octanol–water partition coefficient (Wildman–Crippen LogP) is 5.48. The van der Waals surface area contributed by atoms with E-state index in [2.05, 4.69) is 48.9 Å². The van der Waals surface area contributed by atoms with E-state index in [0.29, 0.717) is 34.8 Å². The van der Waals surface area contributed by atoms with Crippen LogP contribution in [0.3, 0.4) is 0 Å². The van der Waals surface area contributed by atoms with Crippen LogP contribution in [-0.2, 0) is 0 Å². The van der Waals surface area contributed by atoms with Crippen LogP contribution in [0.25, 0.3) is 0 Å². The topological polar surface area (TPSA) is 0 Å². The molecule has 4 bridgehead atoms. The molecular weight excluding hydrogens is 315 g/mol. The number of rotatable bonds is 2. The molecule has 0 aliphatic heterocycles. The summed E-state index contributed by atoms with van der Waals surface area (Å²) in [5.74, 6) is 1.75. The molecule has 0 radical (unpaired) electrons. The van der Waals surface area contributed by atoms with Gasteiger partial charge in [0.2, 0.25) is 0 Å². The van der Waals surface area contributed by atoms with E-state index in [1.54, 1.807) is 0 Å². The summed E-state index contributed by atoms with van der Waals surface area (Å²) >= 11 is 14.3. The van der Waals surface area contributed by atoms with Crippen molar-refractivity contribution in [2.24, 2.45) is 23.7 Å². The summed E-state index contributed by atoms with van der Waals surface area (Å²) in [6.45, 7) is 5.24. The zero-order valence-corrected chi connectivity index (χ0v) is 14.4. The van der Waals surface area contributed by atoms with E-state index in [-0.39, 0.29) is 0 Å². The molecule has 4 aliphatic rings. The summed E-state index contributed by atoms with van der Waals surface area (Å²) in [5, 5.41) is 0. The lowest BCUT2D eigenvalue weighted by molar-refractivity contribution is 0.616. The van der Waals surface area contributed by atoms with Gasteiger partial charge in [0.1, 0.15) is 0 Å². The average Bonchev–Trinajstić information content (AvgIpc) is 3.23. The van der Waals surface area contributed by atoms with Crippen molar-refractivity contribution in [3.63, 3.8) is 0 Å². The zero-order chi connectivity index (χ0) is 14.8. The molecule has 0 aromatic rings. The summed E-state index contributed by atoms with van der Waals surface area (Å²) in [5.41, 5.74) is 9.65. The van der Waals surface area contributed by atoms with Crippen LogP contribution in [0.2, 0.25) is 11.1 Å². The van der Waals surface area contributed by atoms with Gasteiger partial charge >= 0.3 is 0 Å². The fraction of sp³-hybridized carbons (Fsp3) is 0.444. The molecule has 4 rings (SSSR count). The Bertz CT molecular complexity index is 603. The van der Waals surface area contributed by atoms with Crippen LogP contribution < -0.4 is 0 Å². The SMILES string of the molecule is C=C=C1CC2C=CC1C2[Si](Cl)(Cl)C1C2C=CC1C(=C=C)C2. The van der Waals surface area contributed by atoms with Gasteiger partial charge < -0.3 is 0 Å². The third-order valence-electron chi connectivity index (χ3n) is 5.89. The number of halogens is 2. The van der Waals surface area contributed by atoms with Crippen molar-refractivity contribution in [1.29, 1.82) is 0 Å². The van der Waals surface area contributed by atoms with Gasteiger partial charge in [-0.15, -0.1) is 33.6 Å². The van der Waals surface area contributed by atoms with Crippen molar-refractivity contribution in [1.82, 2.24) is 0 Å². The van der Waals surface area contributed by atoms with E-state index in [1.807, 2.05) is 0 Å². The van der Waals surface area contributed by atoms with Gasteiger partial charge in [0.25, 0.3) is 6.69 Å². The second kappa shape index (κ2) is 4.65. The molecule has 2 fully saturated rings. The lowest BCUT2D eigenvalue weighted by Gasteiger charge is -2.35. The first kappa shape index (κ1) is 13.9. The Morgan fingerprint density at radius 3 is 1.62 bits per heavy atom. The highest BCUT2D eigenvalue weighted by atomic mass is 35.7. The van der Waals surface area contributed by atoms with Gasteiger partial charge in [-0.05, 0) is 46.9 Å².